The zero-order valence-electron chi connectivity index (χ0n) is 5.97. The van der Waals surface area contributed by atoms with Crippen LogP contribution in [0.3, 0.4) is 0 Å². The molecule has 5 atom stereocenters. The smallest absolute Gasteiger partial charge is 0.294 e. The molecule has 0 saturated heterocycles. The maximum atomic E-state index is 10.1. The first kappa shape index (κ1) is 5.80. The highest BCUT2D eigenvalue weighted by Gasteiger charge is 2.69. The van der Waals surface area contributed by atoms with Gasteiger partial charge in [0.25, 0.3) is 5.09 Å². The molecule has 0 amide bonds. The average Bonchev–Trinajstić information content (AvgIpc) is 2.30. The summed E-state index contributed by atoms with van der Waals surface area (Å²) in [5.41, 5.74) is 0. The summed E-state index contributed by atoms with van der Waals surface area (Å²) in [5, 5.41) is 9.44. The van der Waals surface area contributed by atoms with Crippen LogP contribution in [0.5, 0.6) is 0 Å². The van der Waals surface area contributed by atoms with Crippen molar-refractivity contribution in [2.24, 2.45) is 23.7 Å². The molecule has 60 valence electrons. The molecule has 0 heterocycles. The van der Waals surface area contributed by atoms with Crippen LogP contribution in [0.2, 0.25) is 0 Å². The Morgan fingerprint density at radius 3 is 2.36 bits per heavy atom. The van der Waals surface area contributed by atoms with Gasteiger partial charge in [0.1, 0.15) is 6.10 Å². The van der Waals surface area contributed by atoms with Crippen molar-refractivity contribution in [3.8, 4) is 0 Å². The van der Waals surface area contributed by atoms with Crippen LogP contribution in [0.1, 0.15) is 12.8 Å². The summed E-state index contributed by atoms with van der Waals surface area (Å²) in [4.78, 5) is 14.7. The maximum absolute atomic E-state index is 10.1. The van der Waals surface area contributed by atoms with Gasteiger partial charge in [0.15, 0.2) is 0 Å². The lowest BCUT2D eigenvalue weighted by Gasteiger charge is -2.10. The predicted octanol–water partition coefficient (Wildman–Crippen LogP) is 0.849. The van der Waals surface area contributed by atoms with Gasteiger partial charge in [-0.05, 0) is 36.5 Å². The molecule has 0 aromatic rings. The Morgan fingerprint density at radius 2 is 2.00 bits per heavy atom. The van der Waals surface area contributed by atoms with Crippen LogP contribution in [0.4, 0.5) is 0 Å². The molecule has 0 spiro atoms. The normalized spacial score (nSPS) is 56.2. The van der Waals surface area contributed by atoms with Gasteiger partial charge in [-0.1, -0.05) is 0 Å². The first-order valence-corrected chi connectivity index (χ1v) is 4.08. The third-order valence-corrected chi connectivity index (χ3v) is 3.60. The van der Waals surface area contributed by atoms with Gasteiger partial charge < -0.3 is 4.84 Å². The Hall–Kier alpha value is -0.800. The van der Waals surface area contributed by atoms with E-state index in [-0.39, 0.29) is 6.10 Å². The SMILES string of the molecule is O=[N+]([O-])O[C@H]1C2C[C@@H]3C1[C@@H]3C2. The molecular formula is C7H9NO3. The van der Waals surface area contributed by atoms with Gasteiger partial charge in [-0.15, -0.1) is 10.1 Å². The van der Waals surface area contributed by atoms with Gasteiger partial charge in [-0.3, -0.25) is 0 Å². The number of hydrogen-bond donors (Lipinski definition) is 0. The van der Waals surface area contributed by atoms with E-state index < -0.39 is 5.09 Å². The van der Waals surface area contributed by atoms with Crippen molar-refractivity contribution in [1.29, 1.82) is 0 Å². The van der Waals surface area contributed by atoms with E-state index in [1.807, 2.05) is 0 Å². The van der Waals surface area contributed by atoms with E-state index >= 15 is 0 Å². The Labute approximate surface area is 63.6 Å². The molecule has 0 aliphatic heterocycles. The van der Waals surface area contributed by atoms with Crippen LogP contribution in [0.25, 0.3) is 0 Å². The average molecular weight is 155 g/mol. The number of rotatable bonds is 2. The number of nitrogens with zero attached hydrogens (tertiary/aromatic N) is 1. The Balaban J connectivity index is 1.77. The van der Waals surface area contributed by atoms with Gasteiger partial charge in [0.05, 0.1) is 0 Å². The summed E-state index contributed by atoms with van der Waals surface area (Å²) >= 11 is 0. The first-order chi connectivity index (χ1) is 5.27. The fraction of sp³-hybridized carbons (Fsp3) is 1.00. The topological polar surface area (TPSA) is 52.4 Å². The standard InChI is InChI=1S/C7H9NO3/c9-8(10)11-7-3-1-4-5(2-3)6(4)7/h3-7H,1-2H2/t3?,4-,5+,6?,7-/m0/s1. The molecule has 4 saturated carbocycles. The summed E-state index contributed by atoms with van der Waals surface area (Å²) in [6, 6.07) is 0. The second-order valence-electron chi connectivity index (χ2n) is 3.93. The molecule has 4 fully saturated rings. The minimum atomic E-state index is -0.624. The molecule has 4 aliphatic rings. The van der Waals surface area contributed by atoms with E-state index in [2.05, 4.69) is 4.84 Å². The van der Waals surface area contributed by atoms with Crippen molar-refractivity contribution in [3.05, 3.63) is 10.1 Å². The highest BCUT2D eigenvalue weighted by molar-refractivity contribution is 5.17. The van der Waals surface area contributed by atoms with E-state index in [4.69, 9.17) is 0 Å². The van der Waals surface area contributed by atoms with Crippen LogP contribution in [0, 0.1) is 33.8 Å². The Kier molecular flexibility index (Phi) is 0.799. The van der Waals surface area contributed by atoms with E-state index in [9.17, 15) is 10.1 Å². The largest absolute Gasteiger partial charge is 0.310 e. The van der Waals surface area contributed by atoms with E-state index in [1.54, 1.807) is 0 Å². The number of hydrogen-bond acceptors (Lipinski definition) is 3. The second-order valence-corrected chi connectivity index (χ2v) is 3.93. The first-order valence-electron chi connectivity index (χ1n) is 4.08. The summed E-state index contributed by atoms with van der Waals surface area (Å²) in [7, 11) is 0. The molecular weight excluding hydrogens is 146 g/mol. The minimum absolute atomic E-state index is 0.0278. The molecule has 4 aliphatic carbocycles. The van der Waals surface area contributed by atoms with Gasteiger partial charge in [-0.25, -0.2) is 0 Å². The molecule has 4 bridgehead atoms. The van der Waals surface area contributed by atoms with Crippen LogP contribution in [-0.2, 0) is 4.84 Å². The van der Waals surface area contributed by atoms with Crippen molar-refractivity contribution in [2.75, 3.05) is 0 Å². The maximum Gasteiger partial charge on any atom is 0.294 e. The van der Waals surface area contributed by atoms with Crippen molar-refractivity contribution in [1.82, 2.24) is 0 Å². The molecule has 4 nitrogen and oxygen atoms in total. The lowest BCUT2D eigenvalue weighted by molar-refractivity contribution is -0.770. The zero-order valence-corrected chi connectivity index (χ0v) is 5.97. The van der Waals surface area contributed by atoms with Gasteiger partial charge >= 0.3 is 0 Å². The monoisotopic (exact) mass is 155 g/mol. The third-order valence-electron chi connectivity index (χ3n) is 3.60. The molecule has 4 heteroatoms. The van der Waals surface area contributed by atoms with Gasteiger partial charge in [0, 0.05) is 0 Å². The molecule has 0 radical (unpaired) electrons. The van der Waals surface area contributed by atoms with Gasteiger partial charge in [-0.2, -0.15) is 0 Å². The second kappa shape index (κ2) is 1.52. The minimum Gasteiger partial charge on any atom is -0.310 e. The van der Waals surface area contributed by atoms with E-state index in [0.29, 0.717) is 11.8 Å². The van der Waals surface area contributed by atoms with Crippen molar-refractivity contribution < 1.29 is 9.92 Å². The molecule has 0 aromatic heterocycles. The molecule has 11 heavy (non-hydrogen) atoms. The van der Waals surface area contributed by atoms with Crippen LogP contribution in [-0.4, -0.2) is 11.2 Å². The molecule has 0 aromatic carbocycles. The summed E-state index contributed by atoms with van der Waals surface area (Å²) in [6.07, 6.45) is 2.35. The summed E-state index contributed by atoms with van der Waals surface area (Å²) in [5.74, 6) is 2.67. The van der Waals surface area contributed by atoms with Crippen molar-refractivity contribution in [3.63, 3.8) is 0 Å². The Morgan fingerprint density at radius 1 is 1.36 bits per heavy atom. The quantitative estimate of drug-likeness (QED) is 0.438. The fourth-order valence-corrected chi connectivity index (χ4v) is 3.26. The lowest BCUT2D eigenvalue weighted by Crippen LogP contribution is -2.20. The van der Waals surface area contributed by atoms with E-state index in [0.717, 1.165) is 11.8 Å². The summed E-state index contributed by atoms with van der Waals surface area (Å²) < 4.78 is 0. The fourth-order valence-electron chi connectivity index (χ4n) is 3.26. The predicted molar refractivity (Wildman–Crippen MR) is 35.1 cm³/mol. The molecule has 0 N–H and O–H groups in total. The molecule has 2 unspecified atom stereocenters. The van der Waals surface area contributed by atoms with Crippen molar-refractivity contribution in [2.45, 2.75) is 18.9 Å². The van der Waals surface area contributed by atoms with Gasteiger partial charge in [0.2, 0.25) is 0 Å². The Bertz CT molecular complexity index is 216. The zero-order chi connectivity index (χ0) is 7.59. The summed E-state index contributed by atoms with van der Waals surface area (Å²) in [6.45, 7) is 0. The van der Waals surface area contributed by atoms with Crippen molar-refractivity contribution >= 4 is 0 Å². The van der Waals surface area contributed by atoms with E-state index in [1.165, 1.54) is 12.8 Å². The van der Waals surface area contributed by atoms with Crippen LogP contribution in [0.15, 0.2) is 0 Å². The van der Waals surface area contributed by atoms with Crippen LogP contribution >= 0.6 is 0 Å². The third kappa shape index (κ3) is 0.559. The van der Waals surface area contributed by atoms with Crippen LogP contribution < -0.4 is 0 Å². The molecule has 4 rings (SSSR count). The highest BCUT2D eigenvalue weighted by Crippen LogP contribution is 2.71. The highest BCUT2D eigenvalue weighted by atomic mass is 17.0. The lowest BCUT2D eigenvalue weighted by atomic mass is 10.1.